The van der Waals surface area contributed by atoms with Gasteiger partial charge < -0.3 is 15.9 Å². The molecule has 0 spiro atoms. The van der Waals surface area contributed by atoms with E-state index in [1.807, 2.05) is 12.1 Å². The normalized spacial score (nSPS) is 29.8. The molecular weight excluding hydrogens is 326 g/mol. The Morgan fingerprint density at radius 1 is 1.42 bits per heavy atom. The molecule has 1 heterocycles. The molecule has 0 bridgehead atoms. The molecule has 1 saturated carbocycles. The largest absolute Gasteiger partial charge is 0.508 e. The van der Waals surface area contributed by atoms with Crippen LogP contribution in [0.2, 0.25) is 0 Å². The minimum atomic E-state index is -0.0835. The number of benzene rings is 1. The van der Waals surface area contributed by atoms with Crippen molar-refractivity contribution in [3.05, 3.63) is 42.0 Å². The average Bonchev–Trinajstić information content (AvgIpc) is 3.11. The van der Waals surface area contributed by atoms with Gasteiger partial charge in [0.2, 0.25) is 0 Å². The topological polar surface area (TPSA) is 91.2 Å². The lowest BCUT2D eigenvalue weighted by molar-refractivity contribution is 0.133. The molecule has 0 radical (unpaired) electrons. The van der Waals surface area contributed by atoms with Crippen molar-refractivity contribution in [2.45, 2.75) is 51.5 Å². The van der Waals surface area contributed by atoms with Crippen molar-refractivity contribution in [2.75, 3.05) is 6.61 Å². The number of hydrogen-bond acceptors (Lipinski definition) is 5. The summed E-state index contributed by atoms with van der Waals surface area (Å²) in [5.74, 6) is 0.943. The minimum absolute atomic E-state index is 0.0524. The molecule has 2 aliphatic rings. The zero-order valence-corrected chi connectivity index (χ0v) is 15.7. The Morgan fingerprint density at radius 3 is 2.77 bits per heavy atom. The van der Waals surface area contributed by atoms with E-state index in [-0.39, 0.29) is 18.1 Å². The number of phenols is 1. The number of phenolic OH excluding ortho intramolecular Hbond substituents is 1. The zero-order chi connectivity index (χ0) is 18.9. The fourth-order valence-corrected chi connectivity index (χ4v) is 4.43. The molecule has 5 nitrogen and oxygen atoms in total. The predicted molar refractivity (Wildman–Crippen MR) is 106 cm³/mol. The Hall–Kier alpha value is -1.98. The van der Waals surface area contributed by atoms with Crippen LogP contribution >= 0.6 is 0 Å². The number of allylic oxidation sites excluding steroid dienone is 1. The molecule has 4 N–H and O–H groups in total. The lowest BCUT2D eigenvalue weighted by Crippen LogP contribution is -2.42. The van der Waals surface area contributed by atoms with Gasteiger partial charge in [-0.2, -0.15) is 10.2 Å². The van der Waals surface area contributed by atoms with Gasteiger partial charge in [0.25, 0.3) is 0 Å². The quantitative estimate of drug-likeness (QED) is 0.707. The number of aliphatic hydroxyl groups excluding tert-OH is 1. The lowest BCUT2D eigenvalue weighted by atomic mass is 9.61. The Balaban J connectivity index is 1.79. The highest BCUT2D eigenvalue weighted by Crippen LogP contribution is 2.50. The summed E-state index contributed by atoms with van der Waals surface area (Å²) in [6, 6.07) is 5.85. The first-order valence-electron chi connectivity index (χ1n) is 9.33. The predicted octanol–water partition coefficient (Wildman–Crippen LogP) is 3.36. The fourth-order valence-electron chi connectivity index (χ4n) is 4.43. The molecule has 1 aromatic rings. The van der Waals surface area contributed by atoms with Crippen molar-refractivity contribution in [2.24, 2.45) is 27.3 Å². The van der Waals surface area contributed by atoms with E-state index >= 15 is 0 Å². The van der Waals surface area contributed by atoms with Crippen LogP contribution in [0.5, 0.6) is 5.75 Å². The Labute approximate surface area is 155 Å². The van der Waals surface area contributed by atoms with Crippen LogP contribution in [0.4, 0.5) is 0 Å². The molecular formula is C21H29N3O2. The van der Waals surface area contributed by atoms with Crippen LogP contribution in [0.25, 0.3) is 0 Å². The number of nitrogens with two attached hydrogens (primary N) is 1. The van der Waals surface area contributed by atoms with Crippen molar-refractivity contribution >= 4 is 11.4 Å². The van der Waals surface area contributed by atoms with E-state index in [1.54, 1.807) is 6.07 Å². The smallest absolute Gasteiger partial charge is 0.119 e. The van der Waals surface area contributed by atoms with Gasteiger partial charge in [0.1, 0.15) is 5.75 Å². The van der Waals surface area contributed by atoms with E-state index in [2.05, 4.69) is 36.7 Å². The van der Waals surface area contributed by atoms with Gasteiger partial charge >= 0.3 is 0 Å². The van der Waals surface area contributed by atoms with E-state index < -0.39 is 0 Å². The number of hydrogen-bond donors (Lipinski definition) is 3. The zero-order valence-electron chi connectivity index (χ0n) is 15.7. The Kier molecular flexibility index (Phi) is 5.30. The molecule has 4 unspecified atom stereocenters. The molecule has 0 aromatic heterocycles. The van der Waals surface area contributed by atoms with E-state index in [0.29, 0.717) is 29.7 Å². The Morgan fingerprint density at radius 2 is 2.19 bits per heavy atom. The highest BCUT2D eigenvalue weighted by Gasteiger charge is 2.40. The summed E-state index contributed by atoms with van der Waals surface area (Å²) in [7, 11) is 0. The summed E-state index contributed by atoms with van der Waals surface area (Å²) in [5, 5.41) is 27.9. The van der Waals surface area contributed by atoms with Gasteiger partial charge in [-0.3, -0.25) is 0 Å². The standard InChI is InChI=1S/C21H29N3O2/c1-4-21(3)8-7-14(9-18(21)13(2)22)17-6-5-15(10-20(17)26)19-11-16(12-25)23-24-19/h4-6,10,13-14,18,25-26H,1,7-9,11-12,22H2,2-3H3. The first-order valence-corrected chi connectivity index (χ1v) is 9.33. The highest BCUT2D eigenvalue weighted by molar-refractivity contribution is 6.15. The van der Waals surface area contributed by atoms with Crippen molar-refractivity contribution in [3.8, 4) is 5.75 Å². The number of aromatic hydroxyl groups is 1. The van der Waals surface area contributed by atoms with Gasteiger partial charge in [-0.25, -0.2) is 0 Å². The van der Waals surface area contributed by atoms with Crippen LogP contribution < -0.4 is 5.73 Å². The molecule has 5 heteroatoms. The molecule has 0 saturated heterocycles. The summed E-state index contributed by atoms with van der Waals surface area (Å²) < 4.78 is 0. The van der Waals surface area contributed by atoms with Gasteiger partial charge in [0.05, 0.1) is 18.0 Å². The molecule has 1 aromatic carbocycles. The van der Waals surface area contributed by atoms with Gasteiger partial charge in [-0.15, -0.1) is 6.58 Å². The Bertz CT molecular complexity index is 754. The van der Waals surface area contributed by atoms with Crippen LogP contribution in [0.15, 0.2) is 41.1 Å². The van der Waals surface area contributed by atoms with Gasteiger partial charge in [-0.1, -0.05) is 25.1 Å². The third-order valence-corrected chi connectivity index (χ3v) is 6.19. The molecule has 1 aliphatic carbocycles. The molecule has 1 aliphatic heterocycles. The van der Waals surface area contributed by atoms with Gasteiger partial charge in [0.15, 0.2) is 0 Å². The van der Waals surface area contributed by atoms with E-state index in [9.17, 15) is 5.11 Å². The summed E-state index contributed by atoms with van der Waals surface area (Å²) in [6.45, 7) is 8.25. The van der Waals surface area contributed by atoms with Crippen molar-refractivity contribution < 1.29 is 10.2 Å². The maximum Gasteiger partial charge on any atom is 0.119 e. The van der Waals surface area contributed by atoms with Gasteiger partial charge in [0, 0.05) is 18.0 Å². The molecule has 0 amide bonds. The van der Waals surface area contributed by atoms with Crippen LogP contribution in [0.1, 0.15) is 56.6 Å². The number of nitrogens with zero attached hydrogens (tertiary/aromatic N) is 2. The van der Waals surface area contributed by atoms with Crippen molar-refractivity contribution in [1.82, 2.24) is 0 Å². The number of rotatable bonds is 5. The van der Waals surface area contributed by atoms with Gasteiger partial charge in [-0.05, 0) is 55.1 Å². The van der Waals surface area contributed by atoms with E-state index in [1.165, 1.54) is 0 Å². The van der Waals surface area contributed by atoms with Crippen LogP contribution in [0, 0.1) is 11.3 Å². The first-order chi connectivity index (χ1) is 12.4. The molecule has 26 heavy (non-hydrogen) atoms. The summed E-state index contributed by atoms with van der Waals surface area (Å²) in [6.07, 6.45) is 5.57. The highest BCUT2D eigenvalue weighted by atomic mass is 16.3. The maximum atomic E-state index is 10.6. The molecule has 3 rings (SSSR count). The maximum absolute atomic E-state index is 10.6. The lowest BCUT2D eigenvalue weighted by Gasteiger charge is -2.45. The summed E-state index contributed by atoms with van der Waals surface area (Å²) in [4.78, 5) is 0. The third kappa shape index (κ3) is 3.46. The van der Waals surface area contributed by atoms with E-state index in [0.717, 1.165) is 36.1 Å². The second-order valence-corrected chi connectivity index (χ2v) is 7.97. The second-order valence-electron chi connectivity index (χ2n) is 7.97. The van der Waals surface area contributed by atoms with Crippen LogP contribution in [0.3, 0.4) is 0 Å². The van der Waals surface area contributed by atoms with E-state index in [4.69, 9.17) is 10.8 Å². The monoisotopic (exact) mass is 355 g/mol. The SMILES string of the molecule is C=CC1(C)CCC(c2ccc(C3=NN=C(CO)C3)cc2O)CC1C(C)N. The summed E-state index contributed by atoms with van der Waals surface area (Å²) >= 11 is 0. The fraction of sp³-hybridized carbons (Fsp3) is 0.524. The molecule has 1 fully saturated rings. The molecule has 140 valence electrons. The van der Waals surface area contributed by atoms with Crippen LogP contribution in [-0.4, -0.2) is 34.3 Å². The number of aliphatic hydroxyl groups is 1. The average molecular weight is 355 g/mol. The second kappa shape index (κ2) is 7.33. The van der Waals surface area contributed by atoms with Crippen molar-refractivity contribution in [3.63, 3.8) is 0 Å². The van der Waals surface area contributed by atoms with Crippen LogP contribution in [-0.2, 0) is 0 Å². The third-order valence-electron chi connectivity index (χ3n) is 6.19. The first kappa shape index (κ1) is 18.8. The molecule has 4 atom stereocenters. The summed E-state index contributed by atoms with van der Waals surface area (Å²) in [5.41, 5.74) is 9.59. The van der Waals surface area contributed by atoms with Crippen molar-refractivity contribution in [1.29, 1.82) is 0 Å². The minimum Gasteiger partial charge on any atom is -0.508 e.